The van der Waals surface area contributed by atoms with E-state index in [1.807, 2.05) is 42.5 Å². The minimum Gasteiger partial charge on any atom is -0.480 e. The van der Waals surface area contributed by atoms with Crippen LogP contribution < -0.4 is 22.3 Å². The third-order valence-corrected chi connectivity index (χ3v) is 5.44. The number of nitrogens with zero attached hydrogens (tertiary/aromatic N) is 2. The highest BCUT2D eigenvalue weighted by Crippen LogP contribution is 2.11. The lowest BCUT2D eigenvalue weighted by molar-refractivity contribution is -0.139. The number of aliphatic imine (C=N–C) groups is 1. The Morgan fingerprint density at radius 3 is 2.26 bits per heavy atom. The highest BCUT2D eigenvalue weighted by Gasteiger charge is 2.22. The Bertz CT molecular complexity index is 1230. The summed E-state index contributed by atoms with van der Waals surface area (Å²) >= 11 is 0. The maximum absolute atomic E-state index is 12.9. The molecule has 0 aliphatic carbocycles. The molecule has 182 valence electrons. The molecular weight excluding hydrogens is 446 g/mol. The lowest BCUT2D eigenvalue weighted by Crippen LogP contribution is -2.43. The van der Waals surface area contributed by atoms with Crippen LogP contribution in [0.5, 0.6) is 0 Å². The summed E-state index contributed by atoms with van der Waals surface area (Å²) < 4.78 is 1.43. The van der Waals surface area contributed by atoms with Gasteiger partial charge in [-0.1, -0.05) is 54.6 Å². The van der Waals surface area contributed by atoms with Gasteiger partial charge in [-0.15, -0.1) is 0 Å². The van der Waals surface area contributed by atoms with E-state index in [1.54, 1.807) is 12.3 Å². The zero-order chi connectivity index (χ0) is 25.2. The molecule has 1 aromatic heterocycles. The molecule has 35 heavy (non-hydrogen) atoms. The average molecular weight is 476 g/mol. The van der Waals surface area contributed by atoms with Gasteiger partial charge < -0.3 is 26.5 Å². The smallest absolute Gasteiger partial charge is 0.326 e. The minimum atomic E-state index is -1.20. The van der Waals surface area contributed by atoms with Gasteiger partial charge >= 0.3 is 5.97 Å². The Morgan fingerprint density at radius 2 is 1.60 bits per heavy atom. The number of carbonyl (C=O) groups excluding carboxylic acids is 1. The van der Waals surface area contributed by atoms with Gasteiger partial charge in [0.05, 0.1) is 6.54 Å². The predicted octanol–water partition coefficient (Wildman–Crippen LogP) is 1.72. The van der Waals surface area contributed by atoms with Gasteiger partial charge in [0, 0.05) is 12.7 Å². The molecule has 0 fully saturated rings. The van der Waals surface area contributed by atoms with E-state index in [2.05, 4.69) is 22.4 Å². The van der Waals surface area contributed by atoms with E-state index in [0.29, 0.717) is 6.42 Å². The van der Waals surface area contributed by atoms with Crippen molar-refractivity contribution in [1.82, 2.24) is 9.88 Å². The summed E-state index contributed by atoms with van der Waals surface area (Å²) in [7, 11) is 0. The fourth-order valence-electron chi connectivity index (χ4n) is 3.62. The number of benzene rings is 2. The van der Waals surface area contributed by atoms with Crippen molar-refractivity contribution in [3.8, 4) is 0 Å². The standard InChI is InChI=1S/C26H29N5O4/c27-26(28)29-14-4-9-22(25(34)35)30-23(32)21-8-5-15-31(24(21)33)17-20-12-10-19(11-13-20)16-18-6-2-1-3-7-18/h1-3,5-8,10-13,15,22H,4,9,14,16-17H2,(H,30,32)(H,34,35)(H4,27,28,29)/t22-/m0/s1. The Hall–Kier alpha value is -4.40. The number of aliphatic carboxylic acids is 1. The van der Waals surface area contributed by atoms with Crippen molar-refractivity contribution >= 4 is 17.8 Å². The summed E-state index contributed by atoms with van der Waals surface area (Å²) in [6.07, 6.45) is 2.89. The molecule has 0 unspecified atom stereocenters. The van der Waals surface area contributed by atoms with Gasteiger partial charge in [0.2, 0.25) is 0 Å². The van der Waals surface area contributed by atoms with Crippen LogP contribution in [0, 0.1) is 0 Å². The number of aromatic nitrogens is 1. The Kier molecular flexibility index (Phi) is 8.77. The molecule has 0 bridgehead atoms. The maximum atomic E-state index is 12.9. The van der Waals surface area contributed by atoms with E-state index < -0.39 is 23.5 Å². The molecule has 0 aliphatic rings. The quantitative estimate of drug-likeness (QED) is 0.188. The van der Waals surface area contributed by atoms with E-state index in [-0.39, 0.29) is 31.0 Å². The third kappa shape index (κ3) is 7.56. The fraction of sp³-hybridized carbons (Fsp3) is 0.231. The van der Waals surface area contributed by atoms with Crippen LogP contribution in [0.3, 0.4) is 0 Å². The number of nitrogens with one attached hydrogen (secondary N) is 1. The van der Waals surface area contributed by atoms with Crippen molar-refractivity contribution in [3.05, 3.63) is 106 Å². The highest BCUT2D eigenvalue weighted by atomic mass is 16.4. The number of pyridine rings is 1. The molecule has 1 amide bonds. The molecule has 9 heteroatoms. The summed E-state index contributed by atoms with van der Waals surface area (Å²) in [4.78, 5) is 41.0. The normalized spacial score (nSPS) is 11.4. The molecule has 1 heterocycles. The van der Waals surface area contributed by atoms with Gasteiger partial charge in [0.15, 0.2) is 5.96 Å². The Morgan fingerprint density at radius 1 is 0.943 bits per heavy atom. The van der Waals surface area contributed by atoms with Crippen LogP contribution in [0.25, 0.3) is 0 Å². The van der Waals surface area contributed by atoms with Crippen LogP contribution in [0.4, 0.5) is 0 Å². The van der Waals surface area contributed by atoms with E-state index in [0.717, 1.165) is 17.5 Å². The van der Waals surface area contributed by atoms with Gasteiger partial charge in [-0.05, 0) is 48.1 Å². The molecule has 3 aromatic rings. The first-order valence-electron chi connectivity index (χ1n) is 11.2. The molecular formula is C26H29N5O4. The molecule has 1 atom stereocenters. The largest absolute Gasteiger partial charge is 0.480 e. The number of guanidine groups is 1. The molecule has 0 radical (unpaired) electrons. The summed E-state index contributed by atoms with van der Waals surface area (Å²) in [6.45, 7) is 0.525. The number of amides is 1. The van der Waals surface area contributed by atoms with Crippen LogP contribution in [-0.4, -0.2) is 40.1 Å². The number of nitrogens with two attached hydrogens (primary N) is 2. The molecule has 0 saturated carbocycles. The molecule has 9 nitrogen and oxygen atoms in total. The van der Waals surface area contributed by atoms with Crippen molar-refractivity contribution in [2.45, 2.75) is 31.8 Å². The lowest BCUT2D eigenvalue weighted by Gasteiger charge is -2.14. The predicted molar refractivity (Wildman–Crippen MR) is 134 cm³/mol. The van der Waals surface area contributed by atoms with Crippen molar-refractivity contribution in [1.29, 1.82) is 0 Å². The van der Waals surface area contributed by atoms with Crippen LogP contribution >= 0.6 is 0 Å². The number of hydrogen-bond acceptors (Lipinski definition) is 4. The van der Waals surface area contributed by atoms with Gasteiger partial charge in [-0.2, -0.15) is 0 Å². The Labute approximate surface area is 203 Å². The lowest BCUT2D eigenvalue weighted by atomic mass is 10.0. The second-order valence-electron chi connectivity index (χ2n) is 8.15. The molecule has 0 spiro atoms. The number of carbonyl (C=O) groups is 2. The number of hydrogen-bond donors (Lipinski definition) is 4. The zero-order valence-corrected chi connectivity index (χ0v) is 19.3. The highest BCUT2D eigenvalue weighted by molar-refractivity contribution is 5.96. The third-order valence-electron chi connectivity index (χ3n) is 5.44. The fourth-order valence-corrected chi connectivity index (χ4v) is 3.62. The number of rotatable bonds is 11. The monoisotopic (exact) mass is 475 g/mol. The second-order valence-corrected chi connectivity index (χ2v) is 8.15. The minimum absolute atomic E-state index is 0.0865. The first-order valence-corrected chi connectivity index (χ1v) is 11.2. The van der Waals surface area contributed by atoms with Crippen molar-refractivity contribution in [3.63, 3.8) is 0 Å². The molecule has 3 rings (SSSR count). The van der Waals surface area contributed by atoms with E-state index >= 15 is 0 Å². The SMILES string of the molecule is NC(N)=NCCC[C@H](NC(=O)c1cccn(Cc2ccc(Cc3ccccc3)cc2)c1=O)C(=O)O. The molecule has 2 aromatic carbocycles. The molecule has 0 saturated heterocycles. The summed E-state index contributed by atoms with van der Waals surface area (Å²) in [6, 6.07) is 19.9. The van der Waals surface area contributed by atoms with E-state index in [9.17, 15) is 19.5 Å². The van der Waals surface area contributed by atoms with Crippen LogP contribution in [0.15, 0.2) is 82.7 Å². The van der Waals surface area contributed by atoms with Gasteiger partial charge in [0.1, 0.15) is 11.6 Å². The number of carboxylic acids is 1. The van der Waals surface area contributed by atoms with E-state index in [1.165, 1.54) is 16.2 Å². The topological polar surface area (TPSA) is 153 Å². The van der Waals surface area contributed by atoms with Crippen LogP contribution in [0.2, 0.25) is 0 Å². The second kappa shape index (κ2) is 12.2. The van der Waals surface area contributed by atoms with Gasteiger partial charge in [-0.25, -0.2) is 4.79 Å². The van der Waals surface area contributed by atoms with Gasteiger partial charge in [-0.3, -0.25) is 14.6 Å². The van der Waals surface area contributed by atoms with Crippen molar-refractivity contribution < 1.29 is 14.7 Å². The molecule has 6 N–H and O–H groups in total. The van der Waals surface area contributed by atoms with Gasteiger partial charge in [0.25, 0.3) is 11.5 Å². The van der Waals surface area contributed by atoms with Crippen LogP contribution in [0.1, 0.15) is 39.9 Å². The first-order chi connectivity index (χ1) is 16.8. The van der Waals surface area contributed by atoms with Crippen LogP contribution in [-0.2, 0) is 17.8 Å². The zero-order valence-electron chi connectivity index (χ0n) is 19.3. The average Bonchev–Trinajstić information content (AvgIpc) is 2.83. The summed E-state index contributed by atoms with van der Waals surface area (Å²) in [5.74, 6) is -2.02. The van der Waals surface area contributed by atoms with E-state index in [4.69, 9.17) is 11.5 Å². The number of carboxylic acid groups (broad SMARTS) is 1. The first kappa shape index (κ1) is 25.2. The molecule has 0 aliphatic heterocycles. The Balaban J connectivity index is 1.66. The van der Waals surface area contributed by atoms with Crippen molar-refractivity contribution in [2.24, 2.45) is 16.5 Å². The summed E-state index contributed by atoms with van der Waals surface area (Å²) in [5, 5.41) is 11.8. The maximum Gasteiger partial charge on any atom is 0.326 e. The summed E-state index contributed by atoms with van der Waals surface area (Å²) in [5.41, 5.74) is 13.2. The van der Waals surface area contributed by atoms with Crippen molar-refractivity contribution in [2.75, 3.05) is 6.54 Å².